The highest BCUT2D eigenvalue weighted by atomic mass is 32.1. The van der Waals surface area contributed by atoms with Crippen LogP contribution in [-0.2, 0) is 4.79 Å². The second-order valence-corrected chi connectivity index (χ2v) is 4.45. The highest BCUT2D eigenvalue weighted by molar-refractivity contribution is 7.80. The lowest BCUT2D eigenvalue weighted by molar-refractivity contribution is -0.116. The molecule has 1 aromatic carbocycles. The number of thiocarbonyl (C=S) groups is 1. The van der Waals surface area contributed by atoms with Crippen molar-refractivity contribution < 1.29 is 4.79 Å². The fourth-order valence-corrected chi connectivity index (χ4v) is 1.44. The molecule has 0 saturated heterocycles. The monoisotopic (exact) mass is 278 g/mol. The van der Waals surface area contributed by atoms with E-state index >= 15 is 0 Å². The van der Waals surface area contributed by atoms with E-state index in [1.54, 1.807) is 6.21 Å². The number of rotatable bonds is 6. The predicted octanol–water partition coefficient (Wildman–Crippen LogP) is 1.98. The first kappa shape index (κ1) is 15.1. The maximum atomic E-state index is 11.5. The highest BCUT2D eigenvalue weighted by Gasteiger charge is 2.00. The van der Waals surface area contributed by atoms with E-state index in [0.717, 1.165) is 24.1 Å². The van der Waals surface area contributed by atoms with Gasteiger partial charge in [0.1, 0.15) is 0 Å². The van der Waals surface area contributed by atoms with Gasteiger partial charge in [-0.1, -0.05) is 25.5 Å². The molecule has 0 aliphatic heterocycles. The van der Waals surface area contributed by atoms with Crippen molar-refractivity contribution in [3.8, 4) is 0 Å². The molecule has 5 nitrogen and oxygen atoms in total. The number of anilines is 1. The average molecular weight is 278 g/mol. The molecule has 6 heteroatoms. The molecule has 1 aromatic rings. The minimum atomic E-state index is 0.0402. The molecule has 0 radical (unpaired) electrons. The van der Waals surface area contributed by atoms with Crippen molar-refractivity contribution in [2.24, 2.45) is 10.8 Å². The van der Waals surface area contributed by atoms with Crippen molar-refractivity contribution in [1.29, 1.82) is 0 Å². The number of carbonyl (C=O) groups excluding carboxylic acids is 1. The largest absolute Gasteiger partial charge is 0.375 e. The number of benzene rings is 1. The topological polar surface area (TPSA) is 79.5 Å². The smallest absolute Gasteiger partial charge is 0.224 e. The summed E-state index contributed by atoms with van der Waals surface area (Å²) in [5.74, 6) is 0.0402. The number of hydrazone groups is 1. The molecule has 4 N–H and O–H groups in total. The fourth-order valence-electron chi connectivity index (χ4n) is 1.38. The first-order chi connectivity index (χ1) is 9.11. The Labute approximate surface area is 118 Å². The van der Waals surface area contributed by atoms with Crippen molar-refractivity contribution in [3.05, 3.63) is 29.8 Å². The third-order valence-electron chi connectivity index (χ3n) is 2.34. The first-order valence-corrected chi connectivity index (χ1v) is 6.51. The molecule has 0 saturated carbocycles. The third kappa shape index (κ3) is 6.52. The van der Waals surface area contributed by atoms with Crippen LogP contribution in [0, 0.1) is 0 Å². The number of nitrogens with zero attached hydrogens (tertiary/aromatic N) is 1. The van der Waals surface area contributed by atoms with Crippen LogP contribution in [0.5, 0.6) is 0 Å². The molecule has 0 aromatic heterocycles. The fraction of sp³-hybridized carbons (Fsp3) is 0.308. The Hall–Kier alpha value is -1.95. The number of nitrogens with one attached hydrogen (secondary N) is 2. The predicted molar refractivity (Wildman–Crippen MR) is 82.1 cm³/mol. The number of nitrogens with two attached hydrogens (primary N) is 1. The zero-order chi connectivity index (χ0) is 14.1. The number of carbonyl (C=O) groups is 1. The molecular weight excluding hydrogens is 260 g/mol. The van der Waals surface area contributed by atoms with Gasteiger partial charge in [0.05, 0.1) is 6.21 Å². The van der Waals surface area contributed by atoms with Gasteiger partial charge in [-0.05, 0) is 36.3 Å². The van der Waals surface area contributed by atoms with Crippen LogP contribution < -0.4 is 16.5 Å². The van der Waals surface area contributed by atoms with E-state index < -0.39 is 0 Å². The van der Waals surface area contributed by atoms with E-state index in [1.807, 2.05) is 24.3 Å². The average Bonchev–Trinajstić information content (AvgIpc) is 2.38. The van der Waals surface area contributed by atoms with Crippen molar-refractivity contribution in [3.63, 3.8) is 0 Å². The van der Waals surface area contributed by atoms with Gasteiger partial charge in [-0.25, -0.2) is 0 Å². The normalized spacial score (nSPS) is 10.4. The van der Waals surface area contributed by atoms with Gasteiger partial charge in [-0.15, -0.1) is 0 Å². The SMILES string of the molecule is CCCCC(=O)Nc1ccc(/C=N/NC(N)=S)cc1. The molecule has 0 spiro atoms. The van der Waals surface area contributed by atoms with Gasteiger partial charge in [0.15, 0.2) is 5.11 Å². The standard InChI is InChI=1S/C13H18N4OS/c1-2-3-4-12(18)16-11-7-5-10(6-8-11)9-15-17-13(14)19/h5-9H,2-4H2,1H3,(H,16,18)(H3,14,17,19)/b15-9+. The summed E-state index contributed by atoms with van der Waals surface area (Å²) in [6.45, 7) is 2.06. The van der Waals surface area contributed by atoms with Crippen molar-refractivity contribution in [2.45, 2.75) is 26.2 Å². The Morgan fingerprint density at radius 3 is 2.68 bits per heavy atom. The summed E-state index contributed by atoms with van der Waals surface area (Å²) in [7, 11) is 0. The Bertz CT molecular complexity index is 456. The molecule has 0 fully saturated rings. The number of hydrogen-bond acceptors (Lipinski definition) is 3. The molecule has 0 heterocycles. The molecule has 0 aliphatic carbocycles. The van der Waals surface area contributed by atoms with Crippen molar-refractivity contribution in [1.82, 2.24) is 5.43 Å². The molecule has 102 valence electrons. The Kier molecular flexibility index (Phi) is 6.52. The summed E-state index contributed by atoms with van der Waals surface area (Å²) < 4.78 is 0. The Morgan fingerprint density at radius 2 is 2.11 bits per heavy atom. The Morgan fingerprint density at radius 1 is 1.42 bits per heavy atom. The zero-order valence-corrected chi connectivity index (χ0v) is 11.7. The van der Waals surface area contributed by atoms with Gasteiger partial charge in [-0.3, -0.25) is 10.2 Å². The second-order valence-electron chi connectivity index (χ2n) is 4.01. The number of unbranched alkanes of at least 4 members (excludes halogenated alkanes) is 1. The maximum Gasteiger partial charge on any atom is 0.224 e. The van der Waals surface area contributed by atoms with Gasteiger partial charge in [0.25, 0.3) is 0 Å². The summed E-state index contributed by atoms with van der Waals surface area (Å²) in [6.07, 6.45) is 4.07. The minimum absolute atomic E-state index is 0.0402. The van der Waals surface area contributed by atoms with Gasteiger partial charge in [-0.2, -0.15) is 5.10 Å². The lowest BCUT2D eigenvalue weighted by atomic mass is 10.2. The van der Waals surface area contributed by atoms with E-state index in [2.05, 4.69) is 35.0 Å². The highest BCUT2D eigenvalue weighted by Crippen LogP contribution is 2.09. The number of hydrogen-bond donors (Lipinski definition) is 3. The maximum absolute atomic E-state index is 11.5. The first-order valence-electron chi connectivity index (χ1n) is 6.10. The van der Waals surface area contributed by atoms with Gasteiger partial charge >= 0.3 is 0 Å². The molecule has 0 aliphatic rings. The molecule has 1 amide bonds. The molecule has 1 rings (SSSR count). The van der Waals surface area contributed by atoms with Gasteiger partial charge in [0.2, 0.25) is 5.91 Å². The van der Waals surface area contributed by atoms with Gasteiger partial charge < -0.3 is 11.1 Å². The van der Waals surface area contributed by atoms with Crippen LogP contribution in [-0.4, -0.2) is 17.2 Å². The summed E-state index contributed by atoms with van der Waals surface area (Å²) >= 11 is 4.62. The summed E-state index contributed by atoms with van der Waals surface area (Å²) in [5.41, 5.74) is 9.37. The van der Waals surface area contributed by atoms with E-state index in [-0.39, 0.29) is 11.0 Å². The van der Waals surface area contributed by atoms with Crippen LogP contribution in [0.15, 0.2) is 29.4 Å². The third-order valence-corrected chi connectivity index (χ3v) is 2.43. The summed E-state index contributed by atoms with van der Waals surface area (Å²) in [4.78, 5) is 11.5. The van der Waals surface area contributed by atoms with Crippen LogP contribution in [0.4, 0.5) is 5.69 Å². The van der Waals surface area contributed by atoms with E-state index in [0.29, 0.717) is 6.42 Å². The zero-order valence-electron chi connectivity index (χ0n) is 10.8. The van der Waals surface area contributed by atoms with Crippen LogP contribution in [0.3, 0.4) is 0 Å². The lowest BCUT2D eigenvalue weighted by Crippen LogP contribution is -2.23. The second kappa shape index (κ2) is 8.20. The molecule has 0 atom stereocenters. The Balaban J connectivity index is 2.49. The summed E-state index contributed by atoms with van der Waals surface area (Å²) in [6, 6.07) is 7.35. The summed E-state index contributed by atoms with van der Waals surface area (Å²) in [5, 5.41) is 6.80. The van der Waals surface area contributed by atoms with Crippen LogP contribution in [0.2, 0.25) is 0 Å². The van der Waals surface area contributed by atoms with E-state index in [4.69, 9.17) is 5.73 Å². The van der Waals surface area contributed by atoms with Crippen LogP contribution in [0.25, 0.3) is 0 Å². The van der Waals surface area contributed by atoms with Gasteiger partial charge in [0, 0.05) is 12.1 Å². The molecule has 0 unspecified atom stereocenters. The van der Waals surface area contributed by atoms with Crippen LogP contribution in [0.1, 0.15) is 31.7 Å². The van der Waals surface area contributed by atoms with Crippen molar-refractivity contribution in [2.75, 3.05) is 5.32 Å². The lowest BCUT2D eigenvalue weighted by Gasteiger charge is -2.04. The molecular formula is C13H18N4OS. The molecule has 0 bridgehead atoms. The minimum Gasteiger partial charge on any atom is -0.375 e. The van der Waals surface area contributed by atoms with Crippen molar-refractivity contribution >= 4 is 35.1 Å². The quantitative estimate of drug-likeness (QED) is 0.422. The number of amides is 1. The van der Waals surface area contributed by atoms with E-state index in [1.165, 1.54) is 0 Å². The van der Waals surface area contributed by atoms with Crippen LogP contribution >= 0.6 is 12.2 Å². The molecule has 19 heavy (non-hydrogen) atoms. The van der Waals surface area contributed by atoms with E-state index in [9.17, 15) is 4.79 Å².